The van der Waals surface area contributed by atoms with E-state index in [2.05, 4.69) is 10.2 Å². The lowest BCUT2D eigenvalue weighted by Crippen LogP contribution is -2.74. The largest absolute Gasteiger partial charge is 0.584 e. The zero-order chi connectivity index (χ0) is 39.0. The van der Waals surface area contributed by atoms with Gasteiger partial charge in [-0.15, -0.1) is 0 Å². The molecule has 0 unspecified atom stereocenters. The van der Waals surface area contributed by atoms with Crippen LogP contribution >= 0.6 is 7.41 Å². The third kappa shape index (κ3) is 5.71. The minimum atomic E-state index is -6.33. The lowest BCUT2D eigenvalue weighted by atomic mass is 9.27. The summed E-state index contributed by atoms with van der Waals surface area (Å²) >= 11 is 0. The van der Waals surface area contributed by atoms with Crippen molar-refractivity contribution in [3.63, 3.8) is 0 Å². The normalized spacial score (nSPS) is 13.5. The molecular weight excluding hydrogens is 731 g/mol. The Morgan fingerprint density at radius 3 is 0.720 bits per heavy atom. The Labute approximate surface area is 276 Å². The highest BCUT2D eigenvalue weighted by Gasteiger charge is 2.67. The van der Waals surface area contributed by atoms with E-state index in [1.54, 1.807) is 62.3 Å². The first-order chi connectivity index (χ1) is 22.5. The van der Waals surface area contributed by atoms with E-state index in [0.29, 0.717) is 0 Å². The quantitative estimate of drug-likeness (QED) is 0.0470. The van der Waals surface area contributed by atoms with E-state index < -0.39 is 133 Å². The molecule has 50 heavy (non-hydrogen) atoms. The molecule has 0 amide bonds. The van der Waals surface area contributed by atoms with E-state index in [4.69, 9.17) is 4.76 Å². The highest BCUT2D eigenvalue weighted by molar-refractivity contribution is 7.78. The molecule has 0 heterocycles. The summed E-state index contributed by atoms with van der Waals surface area (Å²) in [5.41, 5.74) is -8.80. The smallest absolute Gasteiger partial charge is 0.294 e. The van der Waals surface area contributed by atoms with Crippen LogP contribution in [-0.4, -0.2) is 21.8 Å². The Morgan fingerprint density at radius 1 is 0.360 bits per heavy atom. The van der Waals surface area contributed by atoms with Gasteiger partial charge in [-0.2, -0.15) is 0 Å². The van der Waals surface area contributed by atoms with E-state index in [9.17, 15) is 39.5 Å². The predicted molar refractivity (Wildman–Crippen MR) is 155 cm³/mol. The van der Waals surface area contributed by atoms with E-state index in [-0.39, 0.29) is 0 Å². The van der Waals surface area contributed by atoms with Gasteiger partial charge in [0.05, 0.1) is 15.5 Å². The Hall–Kier alpha value is -3.50. The van der Waals surface area contributed by atoms with Crippen LogP contribution in [0, 0.1) is 87.3 Å². The predicted octanol–water partition coefficient (Wildman–Crippen LogP) is 9.45. The number of hydrogen-bond acceptors (Lipinski definition) is 3. The van der Waals surface area contributed by atoms with Crippen molar-refractivity contribution in [2.24, 2.45) is 10.2 Å². The van der Waals surface area contributed by atoms with Crippen LogP contribution in [-0.2, 0) is 4.76 Å². The molecule has 3 rings (SSSR count). The minimum Gasteiger partial charge on any atom is -0.584 e. The monoisotopic (exact) mass is 758 g/mol. The van der Waals surface area contributed by atoms with Gasteiger partial charge in [-0.25, -0.2) is 65.9 Å². The van der Waals surface area contributed by atoms with Gasteiger partial charge in [0, 0.05) is 10.2 Å². The highest BCUT2D eigenvalue weighted by atomic mass is 31.2. The van der Waals surface area contributed by atoms with Gasteiger partial charge in [-0.3, -0.25) is 0 Å². The van der Waals surface area contributed by atoms with Crippen LogP contribution in [0.15, 0.2) is 10.2 Å². The van der Waals surface area contributed by atoms with Crippen molar-refractivity contribution in [2.75, 3.05) is 0 Å². The minimum absolute atomic E-state index is 1.05. The first-order valence-corrected chi connectivity index (χ1v) is 15.9. The summed E-state index contributed by atoms with van der Waals surface area (Å²) in [6.45, 7) is 14.2. The molecule has 0 saturated heterocycles. The molecule has 0 spiro atoms. The first-order valence-electron chi connectivity index (χ1n) is 14.2. The zero-order valence-electron chi connectivity index (χ0n) is 27.5. The second-order valence-electron chi connectivity index (χ2n) is 14.2. The van der Waals surface area contributed by atoms with E-state index in [0.717, 1.165) is 0 Å². The van der Waals surface area contributed by atoms with Crippen molar-refractivity contribution >= 4 is 30.2 Å². The van der Waals surface area contributed by atoms with Crippen molar-refractivity contribution in [1.29, 1.82) is 0 Å². The Kier molecular flexibility index (Phi) is 10.6. The fourth-order valence-corrected chi connectivity index (χ4v) is 14.1. The fraction of sp³-hybridized carbons (Fsp3) is 0.400. The average molecular weight is 758 g/mol. The van der Waals surface area contributed by atoms with Gasteiger partial charge in [0.25, 0.3) is 6.35 Å². The van der Waals surface area contributed by atoms with Gasteiger partial charge in [0.2, 0.25) is 0 Å². The standard InChI is InChI=1S/C30H27BF15N2OP/c1-28(2,3)50(29(4,5)6,30(7,8)9)48-47-49-31(10-13(32)19(38)25(44)20(39)14(10)33,11-15(34)21(40)26(45)22(41)16(11)35)12-17(36)23(42)27(46)24(43)18(12)37/h1-9H3/b48-47+. The van der Waals surface area contributed by atoms with Crippen molar-refractivity contribution in [3.8, 4) is 0 Å². The van der Waals surface area contributed by atoms with Crippen molar-refractivity contribution in [1.82, 2.24) is 0 Å². The average Bonchev–Trinajstić information content (AvgIpc) is 2.99. The van der Waals surface area contributed by atoms with Crippen LogP contribution in [0.1, 0.15) is 62.3 Å². The van der Waals surface area contributed by atoms with E-state index in [1.807, 2.05) is 0 Å². The maximum absolute atomic E-state index is 15.7. The number of halogens is 15. The molecule has 0 aliphatic carbocycles. The number of nitrogens with zero attached hydrogens (tertiary/aromatic N) is 2. The SMILES string of the molecule is CC(C)(C)[P+](/N=N/O[B-](c1c(F)c(F)c(F)c(F)c1F)(c1c(F)c(F)c(F)c(F)c1F)c1c(F)c(F)c(F)c(F)c1F)(C(C)(C)C)C(C)(C)C. The summed E-state index contributed by atoms with van der Waals surface area (Å²) < 4.78 is 230. The number of hydrogen-bond donors (Lipinski definition) is 0. The number of rotatable bonds is 6. The Balaban J connectivity index is 2.90. The summed E-state index contributed by atoms with van der Waals surface area (Å²) in [6.07, 6.45) is -6.33. The van der Waals surface area contributed by atoms with Crippen molar-refractivity contribution in [2.45, 2.75) is 77.8 Å². The topological polar surface area (TPSA) is 34.0 Å². The van der Waals surface area contributed by atoms with Crippen LogP contribution in [0.5, 0.6) is 0 Å². The van der Waals surface area contributed by atoms with Gasteiger partial charge < -0.3 is 4.76 Å². The molecule has 0 atom stereocenters. The molecule has 0 aliphatic heterocycles. The molecule has 0 aliphatic rings. The van der Waals surface area contributed by atoms with Gasteiger partial charge >= 0.3 is 0 Å². The van der Waals surface area contributed by atoms with Gasteiger partial charge in [0.15, 0.2) is 59.8 Å². The van der Waals surface area contributed by atoms with Crippen LogP contribution in [0.2, 0.25) is 0 Å². The van der Waals surface area contributed by atoms with Gasteiger partial charge in [0.1, 0.15) is 34.9 Å². The molecule has 3 nitrogen and oxygen atoms in total. The molecule has 276 valence electrons. The summed E-state index contributed by atoms with van der Waals surface area (Å²) in [5.74, 6) is -47.2. The summed E-state index contributed by atoms with van der Waals surface area (Å²) in [7, 11) is -3.40. The molecule has 20 heteroatoms. The lowest BCUT2D eigenvalue weighted by Gasteiger charge is -2.49. The molecule has 3 aromatic carbocycles. The van der Waals surface area contributed by atoms with Crippen LogP contribution in [0.3, 0.4) is 0 Å². The molecule has 0 saturated carbocycles. The lowest BCUT2D eigenvalue weighted by molar-refractivity contribution is 0.307. The third-order valence-corrected chi connectivity index (χ3v) is 14.4. The summed E-state index contributed by atoms with van der Waals surface area (Å²) in [5, 5.41) is 0.0737. The molecule has 0 fully saturated rings. The maximum Gasteiger partial charge on any atom is 0.294 e. The Morgan fingerprint density at radius 2 is 0.540 bits per heavy atom. The highest BCUT2D eigenvalue weighted by Crippen LogP contribution is 2.84. The third-order valence-electron chi connectivity index (χ3n) is 8.24. The zero-order valence-corrected chi connectivity index (χ0v) is 28.4. The van der Waals surface area contributed by atoms with Crippen molar-refractivity contribution in [3.05, 3.63) is 87.3 Å². The molecule has 0 aromatic heterocycles. The molecule has 0 bridgehead atoms. The number of benzene rings is 3. The molecular formula is C30H27BF15N2OP. The Bertz CT molecular complexity index is 1630. The molecule has 3 aromatic rings. The van der Waals surface area contributed by atoms with E-state index >= 15 is 26.3 Å². The van der Waals surface area contributed by atoms with Crippen LogP contribution < -0.4 is 16.4 Å². The summed E-state index contributed by atoms with van der Waals surface area (Å²) in [4.78, 5) is 4.11. The van der Waals surface area contributed by atoms with Crippen LogP contribution in [0.4, 0.5) is 65.9 Å². The first kappa shape index (κ1) is 40.9. The van der Waals surface area contributed by atoms with Crippen molar-refractivity contribution < 1.29 is 70.6 Å². The van der Waals surface area contributed by atoms with E-state index in [1.165, 1.54) is 0 Å². The fourth-order valence-electron chi connectivity index (χ4n) is 7.10. The van der Waals surface area contributed by atoms with Gasteiger partial charge in [-0.1, -0.05) is 16.4 Å². The molecule has 0 N–H and O–H groups in total. The second-order valence-corrected chi connectivity index (χ2v) is 19.6. The molecule has 0 radical (unpaired) electrons. The summed E-state index contributed by atoms with van der Waals surface area (Å²) in [6, 6.07) is 0. The second kappa shape index (κ2) is 12.9. The maximum atomic E-state index is 15.7. The van der Waals surface area contributed by atoms with Gasteiger partial charge in [-0.05, 0) is 62.3 Å². The van der Waals surface area contributed by atoms with Crippen LogP contribution in [0.25, 0.3) is 0 Å².